The lowest BCUT2D eigenvalue weighted by Crippen LogP contribution is -2.37. The van der Waals surface area contributed by atoms with Crippen molar-refractivity contribution in [3.8, 4) is 0 Å². The topological polar surface area (TPSA) is 105 Å². The maximum absolute atomic E-state index is 12.0. The highest BCUT2D eigenvalue weighted by molar-refractivity contribution is 5.96. The number of hydrogen-bond acceptors (Lipinski definition) is 5. The number of carbonyl (C=O) groups is 4. The number of benzene rings is 1. The van der Waals surface area contributed by atoms with Crippen LogP contribution >= 0.6 is 0 Å². The average molecular weight is 333 g/mol. The monoisotopic (exact) mass is 333 g/mol. The molecular weight excluding hydrogens is 314 g/mol. The van der Waals surface area contributed by atoms with E-state index in [-0.39, 0.29) is 18.9 Å². The molecule has 1 aromatic rings. The number of nitrogens with one attached hydrogen (secondary N) is 2. The summed E-state index contributed by atoms with van der Waals surface area (Å²) >= 11 is 0. The van der Waals surface area contributed by atoms with E-state index in [4.69, 9.17) is 4.74 Å². The van der Waals surface area contributed by atoms with E-state index in [1.807, 2.05) is 6.07 Å². The van der Waals surface area contributed by atoms with Gasteiger partial charge in [-0.1, -0.05) is 30.3 Å². The molecule has 1 aliphatic heterocycles. The van der Waals surface area contributed by atoms with Crippen LogP contribution in [0.25, 0.3) is 0 Å². The molecule has 0 spiro atoms. The Morgan fingerprint density at radius 1 is 1.29 bits per heavy atom. The zero-order valence-corrected chi connectivity index (χ0v) is 13.3. The lowest BCUT2D eigenvalue weighted by Gasteiger charge is -2.18. The Bertz CT molecular complexity index is 632. The lowest BCUT2D eigenvalue weighted by molar-refractivity contribution is -0.151. The summed E-state index contributed by atoms with van der Waals surface area (Å²) in [6.07, 6.45) is -0.108. The van der Waals surface area contributed by atoms with E-state index >= 15 is 0 Å². The SMILES string of the molecule is CC(=O)N[C@@H](CC(=O)OCC(=O)N1CCNC1=O)c1ccccc1. The second-order valence-electron chi connectivity index (χ2n) is 5.31. The number of nitrogens with zero attached hydrogens (tertiary/aromatic N) is 1. The van der Waals surface area contributed by atoms with Crippen LogP contribution in [-0.4, -0.2) is 48.4 Å². The molecule has 4 amide bonds. The van der Waals surface area contributed by atoms with Gasteiger partial charge in [-0.2, -0.15) is 0 Å². The van der Waals surface area contributed by atoms with Crippen LogP contribution in [0.1, 0.15) is 24.9 Å². The van der Waals surface area contributed by atoms with Crippen LogP contribution in [0.5, 0.6) is 0 Å². The van der Waals surface area contributed by atoms with Crippen molar-refractivity contribution in [1.82, 2.24) is 15.5 Å². The molecule has 0 bridgehead atoms. The molecule has 2 rings (SSSR count). The predicted molar refractivity (Wildman–Crippen MR) is 83.7 cm³/mol. The highest BCUT2D eigenvalue weighted by Crippen LogP contribution is 2.17. The minimum Gasteiger partial charge on any atom is -0.455 e. The van der Waals surface area contributed by atoms with Gasteiger partial charge in [-0.15, -0.1) is 0 Å². The molecule has 1 heterocycles. The molecule has 24 heavy (non-hydrogen) atoms. The summed E-state index contributed by atoms with van der Waals surface area (Å²) in [5.41, 5.74) is 0.759. The van der Waals surface area contributed by atoms with Crippen molar-refractivity contribution in [2.24, 2.45) is 0 Å². The number of amides is 4. The van der Waals surface area contributed by atoms with Crippen LogP contribution < -0.4 is 10.6 Å². The summed E-state index contributed by atoms with van der Waals surface area (Å²) in [5, 5.41) is 5.17. The van der Waals surface area contributed by atoms with Gasteiger partial charge in [-0.05, 0) is 5.56 Å². The van der Waals surface area contributed by atoms with Crippen LogP contribution in [0.2, 0.25) is 0 Å². The Morgan fingerprint density at radius 2 is 2.00 bits per heavy atom. The summed E-state index contributed by atoms with van der Waals surface area (Å²) in [7, 11) is 0. The van der Waals surface area contributed by atoms with E-state index in [0.29, 0.717) is 6.54 Å². The molecule has 8 nitrogen and oxygen atoms in total. The van der Waals surface area contributed by atoms with Crippen LogP contribution in [0.3, 0.4) is 0 Å². The Kier molecular flexibility index (Phi) is 5.89. The molecule has 1 aromatic carbocycles. The number of imide groups is 1. The molecule has 2 N–H and O–H groups in total. The van der Waals surface area contributed by atoms with E-state index in [9.17, 15) is 19.2 Å². The Hall–Kier alpha value is -2.90. The molecule has 8 heteroatoms. The smallest absolute Gasteiger partial charge is 0.324 e. The molecule has 1 fully saturated rings. The highest BCUT2D eigenvalue weighted by atomic mass is 16.5. The molecule has 0 radical (unpaired) electrons. The Labute approximate surface area is 139 Å². The standard InChI is InChI=1S/C16H19N3O5/c1-11(20)18-13(12-5-3-2-4-6-12)9-15(22)24-10-14(21)19-8-7-17-16(19)23/h2-6,13H,7-10H2,1H3,(H,17,23)(H,18,20)/t13-/m0/s1. The van der Waals surface area contributed by atoms with Crippen LogP contribution in [0.4, 0.5) is 4.79 Å². The van der Waals surface area contributed by atoms with Gasteiger partial charge in [0.05, 0.1) is 12.5 Å². The molecule has 0 unspecified atom stereocenters. The van der Waals surface area contributed by atoms with E-state index in [1.54, 1.807) is 24.3 Å². The average Bonchev–Trinajstić information content (AvgIpc) is 2.98. The molecule has 0 saturated carbocycles. The second kappa shape index (κ2) is 8.09. The van der Waals surface area contributed by atoms with Crippen LogP contribution in [-0.2, 0) is 19.1 Å². The van der Waals surface area contributed by atoms with Gasteiger partial charge >= 0.3 is 12.0 Å². The number of ether oxygens (including phenoxy) is 1. The third-order valence-electron chi connectivity index (χ3n) is 3.46. The molecule has 0 aliphatic carbocycles. The predicted octanol–water partition coefficient (Wildman–Crippen LogP) is 0.349. The summed E-state index contributed by atoms with van der Waals surface area (Å²) in [6, 6.07) is 7.96. The Morgan fingerprint density at radius 3 is 2.58 bits per heavy atom. The molecule has 1 saturated heterocycles. The minimum absolute atomic E-state index is 0.108. The normalized spacial score (nSPS) is 14.7. The van der Waals surface area contributed by atoms with Gasteiger partial charge in [-0.3, -0.25) is 19.3 Å². The van der Waals surface area contributed by atoms with Crippen molar-refractivity contribution >= 4 is 23.8 Å². The van der Waals surface area contributed by atoms with E-state index in [0.717, 1.165) is 10.5 Å². The van der Waals surface area contributed by atoms with Gasteiger partial charge in [0.15, 0.2) is 6.61 Å². The first-order valence-corrected chi connectivity index (χ1v) is 7.53. The number of rotatable bonds is 6. The fourth-order valence-electron chi connectivity index (χ4n) is 2.34. The minimum atomic E-state index is -0.634. The maximum atomic E-state index is 12.0. The molecule has 1 atom stereocenters. The molecule has 1 aliphatic rings. The molecule has 0 aromatic heterocycles. The molecule has 128 valence electrons. The zero-order chi connectivity index (χ0) is 17.5. The van der Waals surface area contributed by atoms with Crippen molar-refractivity contribution in [1.29, 1.82) is 0 Å². The van der Waals surface area contributed by atoms with Gasteiger partial charge in [0.1, 0.15) is 0 Å². The second-order valence-corrected chi connectivity index (χ2v) is 5.31. The summed E-state index contributed by atoms with van der Waals surface area (Å²) in [4.78, 5) is 47.4. The van der Waals surface area contributed by atoms with Crippen LogP contribution in [0, 0.1) is 0 Å². The summed E-state index contributed by atoms with van der Waals surface area (Å²) in [5.74, 6) is -1.49. The van der Waals surface area contributed by atoms with E-state index in [2.05, 4.69) is 10.6 Å². The van der Waals surface area contributed by atoms with Gasteiger partial charge in [0.25, 0.3) is 5.91 Å². The largest absolute Gasteiger partial charge is 0.455 e. The fourth-order valence-corrected chi connectivity index (χ4v) is 2.34. The summed E-state index contributed by atoms with van der Waals surface area (Å²) < 4.78 is 4.94. The highest BCUT2D eigenvalue weighted by Gasteiger charge is 2.27. The quantitative estimate of drug-likeness (QED) is 0.731. The first-order valence-electron chi connectivity index (χ1n) is 7.53. The van der Waals surface area contributed by atoms with E-state index < -0.39 is 30.6 Å². The lowest BCUT2D eigenvalue weighted by atomic mass is 10.0. The zero-order valence-electron chi connectivity index (χ0n) is 13.3. The van der Waals surface area contributed by atoms with Gasteiger partial charge in [-0.25, -0.2) is 4.79 Å². The van der Waals surface area contributed by atoms with Crippen molar-refractivity contribution in [2.75, 3.05) is 19.7 Å². The first-order chi connectivity index (χ1) is 11.5. The first kappa shape index (κ1) is 17.5. The Balaban J connectivity index is 1.89. The molecular formula is C16H19N3O5. The van der Waals surface area contributed by atoms with Crippen molar-refractivity contribution in [3.63, 3.8) is 0 Å². The number of urea groups is 1. The van der Waals surface area contributed by atoms with E-state index in [1.165, 1.54) is 6.92 Å². The van der Waals surface area contributed by atoms with Gasteiger partial charge < -0.3 is 15.4 Å². The third-order valence-corrected chi connectivity index (χ3v) is 3.46. The van der Waals surface area contributed by atoms with Crippen LogP contribution in [0.15, 0.2) is 30.3 Å². The number of hydrogen-bond donors (Lipinski definition) is 2. The maximum Gasteiger partial charge on any atom is 0.324 e. The number of carbonyl (C=O) groups excluding carboxylic acids is 4. The van der Waals surface area contributed by atoms with Crippen molar-refractivity contribution in [3.05, 3.63) is 35.9 Å². The van der Waals surface area contributed by atoms with Crippen molar-refractivity contribution < 1.29 is 23.9 Å². The van der Waals surface area contributed by atoms with Gasteiger partial charge in [0, 0.05) is 20.0 Å². The third kappa shape index (κ3) is 4.80. The van der Waals surface area contributed by atoms with Gasteiger partial charge in [0.2, 0.25) is 5.91 Å². The van der Waals surface area contributed by atoms with Crippen molar-refractivity contribution in [2.45, 2.75) is 19.4 Å². The summed E-state index contributed by atoms with van der Waals surface area (Å²) in [6.45, 7) is 1.50. The fraction of sp³-hybridized carbons (Fsp3) is 0.375. The number of esters is 1.